The maximum atomic E-state index is 12.5. The summed E-state index contributed by atoms with van der Waals surface area (Å²) in [4.78, 5) is 14.1. The number of carbonyl (C=O) groups is 1. The predicted molar refractivity (Wildman–Crippen MR) is 96.4 cm³/mol. The first kappa shape index (κ1) is 17.5. The number of rotatable bonds is 6. The van der Waals surface area contributed by atoms with Gasteiger partial charge in [-0.2, -0.15) is 5.26 Å². The van der Waals surface area contributed by atoms with Gasteiger partial charge in [-0.25, -0.2) is 0 Å². The summed E-state index contributed by atoms with van der Waals surface area (Å²) >= 11 is 6.80. The smallest absolute Gasteiger partial charge is 0.264 e. The van der Waals surface area contributed by atoms with E-state index in [4.69, 9.17) is 10.00 Å². The summed E-state index contributed by atoms with van der Waals surface area (Å²) in [6, 6.07) is 16.9. The number of nitrogens with zero attached hydrogens (tertiary/aromatic N) is 2. The average Bonchev–Trinajstić information content (AvgIpc) is 2.56. The van der Waals surface area contributed by atoms with E-state index in [9.17, 15) is 4.79 Å². The van der Waals surface area contributed by atoms with E-state index < -0.39 is 0 Å². The van der Waals surface area contributed by atoms with E-state index in [0.717, 1.165) is 14.6 Å². The fourth-order valence-electron chi connectivity index (χ4n) is 2.00. The van der Waals surface area contributed by atoms with Crippen LogP contribution in [0.25, 0.3) is 0 Å². The SMILES string of the molecule is N#CCCN(C(=O)COc1c(Br)cccc1Br)c1ccccc1. The molecule has 0 atom stereocenters. The predicted octanol–water partition coefficient (Wildman–Crippen LogP) is 4.54. The minimum Gasteiger partial charge on any atom is -0.481 e. The molecule has 2 rings (SSSR count). The number of nitriles is 1. The summed E-state index contributed by atoms with van der Waals surface area (Å²) < 4.78 is 7.18. The molecule has 0 aliphatic heterocycles. The molecule has 0 heterocycles. The van der Waals surface area contributed by atoms with Gasteiger partial charge in [0.1, 0.15) is 5.75 Å². The van der Waals surface area contributed by atoms with Gasteiger partial charge < -0.3 is 9.64 Å². The highest BCUT2D eigenvalue weighted by Crippen LogP contribution is 2.33. The number of hydrogen-bond donors (Lipinski definition) is 0. The Balaban J connectivity index is 2.11. The summed E-state index contributed by atoms with van der Waals surface area (Å²) in [5, 5.41) is 8.79. The summed E-state index contributed by atoms with van der Waals surface area (Å²) in [6.45, 7) is 0.224. The van der Waals surface area contributed by atoms with Gasteiger partial charge in [-0.3, -0.25) is 4.79 Å². The van der Waals surface area contributed by atoms with Crippen molar-refractivity contribution in [2.45, 2.75) is 6.42 Å². The topological polar surface area (TPSA) is 53.3 Å². The first-order valence-electron chi connectivity index (χ1n) is 6.92. The number of para-hydroxylation sites is 2. The van der Waals surface area contributed by atoms with Gasteiger partial charge in [0.05, 0.1) is 21.4 Å². The fourth-order valence-corrected chi connectivity index (χ4v) is 3.23. The van der Waals surface area contributed by atoms with Gasteiger partial charge in [0.25, 0.3) is 5.91 Å². The van der Waals surface area contributed by atoms with Crippen LogP contribution >= 0.6 is 31.9 Å². The van der Waals surface area contributed by atoms with Crippen LogP contribution in [-0.4, -0.2) is 19.1 Å². The molecular formula is C17H14Br2N2O2. The van der Waals surface area contributed by atoms with Gasteiger partial charge in [0.2, 0.25) is 0 Å². The van der Waals surface area contributed by atoms with E-state index in [0.29, 0.717) is 12.3 Å². The van der Waals surface area contributed by atoms with Crippen molar-refractivity contribution >= 4 is 43.5 Å². The lowest BCUT2D eigenvalue weighted by Crippen LogP contribution is -2.35. The molecular weight excluding hydrogens is 424 g/mol. The zero-order chi connectivity index (χ0) is 16.7. The second kappa shape index (κ2) is 8.70. The summed E-state index contributed by atoms with van der Waals surface area (Å²) in [7, 11) is 0. The lowest BCUT2D eigenvalue weighted by Gasteiger charge is -2.22. The molecule has 23 heavy (non-hydrogen) atoms. The van der Waals surface area contributed by atoms with Crippen LogP contribution in [0.1, 0.15) is 6.42 Å². The average molecular weight is 438 g/mol. The molecule has 118 valence electrons. The van der Waals surface area contributed by atoms with E-state index in [2.05, 4.69) is 37.9 Å². The molecule has 0 saturated carbocycles. The lowest BCUT2D eigenvalue weighted by atomic mass is 10.2. The molecule has 0 unspecified atom stereocenters. The highest BCUT2D eigenvalue weighted by molar-refractivity contribution is 9.11. The first-order chi connectivity index (χ1) is 11.1. The standard InChI is InChI=1S/C17H14Br2N2O2/c18-14-8-4-9-15(19)17(14)23-12-16(22)21(11-5-10-20)13-6-2-1-3-7-13/h1-4,6-9H,5,11-12H2. The molecule has 0 N–H and O–H groups in total. The number of ether oxygens (including phenoxy) is 1. The zero-order valence-electron chi connectivity index (χ0n) is 12.2. The van der Waals surface area contributed by atoms with E-state index >= 15 is 0 Å². The Hall–Kier alpha value is -1.84. The Morgan fingerprint density at radius 1 is 1.09 bits per heavy atom. The molecule has 0 aliphatic carbocycles. The van der Waals surface area contributed by atoms with Gasteiger partial charge >= 0.3 is 0 Å². The van der Waals surface area contributed by atoms with Gasteiger partial charge in [-0.15, -0.1) is 0 Å². The summed E-state index contributed by atoms with van der Waals surface area (Å²) in [5.74, 6) is 0.378. The zero-order valence-corrected chi connectivity index (χ0v) is 15.4. The lowest BCUT2D eigenvalue weighted by molar-refractivity contribution is -0.120. The van der Waals surface area contributed by atoms with Crippen molar-refractivity contribution in [2.75, 3.05) is 18.1 Å². The van der Waals surface area contributed by atoms with Crippen molar-refractivity contribution in [1.82, 2.24) is 0 Å². The van der Waals surface area contributed by atoms with E-state index in [1.165, 1.54) is 0 Å². The van der Waals surface area contributed by atoms with Gasteiger partial charge in [-0.05, 0) is 56.1 Å². The molecule has 0 aliphatic rings. The summed E-state index contributed by atoms with van der Waals surface area (Å²) in [6.07, 6.45) is 0.263. The number of hydrogen-bond acceptors (Lipinski definition) is 3. The molecule has 6 heteroatoms. The third kappa shape index (κ3) is 4.81. The molecule has 0 saturated heterocycles. The molecule has 0 aromatic heterocycles. The Kier molecular flexibility index (Phi) is 6.63. The molecule has 0 spiro atoms. The van der Waals surface area contributed by atoms with E-state index in [-0.39, 0.29) is 18.9 Å². The second-order valence-corrected chi connectivity index (χ2v) is 6.34. The van der Waals surface area contributed by atoms with E-state index in [1.54, 1.807) is 4.90 Å². The van der Waals surface area contributed by atoms with Crippen molar-refractivity contribution in [2.24, 2.45) is 0 Å². The van der Waals surface area contributed by atoms with Crippen LogP contribution in [0.3, 0.4) is 0 Å². The van der Waals surface area contributed by atoms with Crippen molar-refractivity contribution < 1.29 is 9.53 Å². The number of carbonyl (C=O) groups excluding carboxylic acids is 1. The van der Waals surface area contributed by atoms with Crippen molar-refractivity contribution in [3.05, 3.63) is 57.5 Å². The third-order valence-electron chi connectivity index (χ3n) is 3.08. The number of amides is 1. The normalized spacial score (nSPS) is 9.96. The Bertz CT molecular complexity index is 694. The van der Waals surface area contributed by atoms with Crippen molar-refractivity contribution in [1.29, 1.82) is 5.26 Å². The molecule has 1 amide bonds. The van der Waals surface area contributed by atoms with Crippen LogP contribution < -0.4 is 9.64 Å². The minimum atomic E-state index is -0.200. The molecule has 2 aromatic rings. The highest BCUT2D eigenvalue weighted by Gasteiger charge is 2.17. The van der Waals surface area contributed by atoms with Gasteiger partial charge in [0.15, 0.2) is 6.61 Å². The van der Waals surface area contributed by atoms with Crippen LogP contribution in [-0.2, 0) is 4.79 Å². The first-order valence-corrected chi connectivity index (χ1v) is 8.51. The maximum absolute atomic E-state index is 12.5. The maximum Gasteiger partial charge on any atom is 0.264 e. The molecule has 0 radical (unpaired) electrons. The fraction of sp³-hybridized carbons (Fsp3) is 0.176. The summed E-state index contributed by atoms with van der Waals surface area (Å²) in [5.41, 5.74) is 0.752. The largest absolute Gasteiger partial charge is 0.481 e. The van der Waals surface area contributed by atoms with Crippen LogP contribution in [0, 0.1) is 11.3 Å². The van der Waals surface area contributed by atoms with Crippen LogP contribution in [0.2, 0.25) is 0 Å². The highest BCUT2D eigenvalue weighted by atomic mass is 79.9. The minimum absolute atomic E-state index is 0.110. The molecule has 0 bridgehead atoms. The number of benzene rings is 2. The van der Waals surface area contributed by atoms with Crippen LogP contribution in [0.4, 0.5) is 5.69 Å². The van der Waals surface area contributed by atoms with Gasteiger partial charge in [0, 0.05) is 12.2 Å². The Morgan fingerprint density at radius 2 is 1.74 bits per heavy atom. The Morgan fingerprint density at radius 3 is 2.35 bits per heavy atom. The van der Waals surface area contributed by atoms with E-state index in [1.807, 2.05) is 48.5 Å². The number of anilines is 1. The quantitative estimate of drug-likeness (QED) is 0.666. The van der Waals surface area contributed by atoms with Crippen molar-refractivity contribution in [3.63, 3.8) is 0 Å². The molecule has 0 fully saturated rings. The third-order valence-corrected chi connectivity index (χ3v) is 4.32. The van der Waals surface area contributed by atoms with Crippen LogP contribution in [0.15, 0.2) is 57.5 Å². The Labute approximate surface area is 151 Å². The molecule has 2 aromatic carbocycles. The van der Waals surface area contributed by atoms with Gasteiger partial charge in [-0.1, -0.05) is 24.3 Å². The van der Waals surface area contributed by atoms with Crippen LogP contribution in [0.5, 0.6) is 5.75 Å². The molecule has 4 nitrogen and oxygen atoms in total. The number of halogens is 2. The van der Waals surface area contributed by atoms with Crippen molar-refractivity contribution in [3.8, 4) is 11.8 Å². The second-order valence-electron chi connectivity index (χ2n) is 4.63. The monoisotopic (exact) mass is 436 g/mol.